The maximum atomic E-state index is 12.5. The Labute approximate surface area is 170 Å². The summed E-state index contributed by atoms with van der Waals surface area (Å²) in [5.74, 6) is 0.0202. The Morgan fingerprint density at radius 1 is 0.897 bits per heavy atom. The summed E-state index contributed by atoms with van der Waals surface area (Å²) in [6, 6.07) is 27.0. The van der Waals surface area contributed by atoms with Crippen LogP contribution in [0.4, 0.5) is 0 Å². The Bertz CT molecular complexity index is 1160. The van der Waals surface area contributed by atoms with Gasteiger partial charge in [-0.2, -0.15) is 0 Å². The van der Waals surface area contributed by atoms with E-state index >= 15 is 0 Å². The number of likely N-dealkylation sites (N-methyl/N-ethyl adjacent to an activating group) is 1. The summed E-state index contributed by atoms with van der Waals surface area (Å²) in [6.07, 6.45) is 0.678. The average molecular weight is 381 g/mol. The first kappa shape index (κ1) is 17.7. The van der Waals surface area contributed by atoms with E-state index in [2.05, 4.69) is 82.3 Å². The molecule has 3 aromatic carbocycles. The highest BCUT2D eigenvalue weighted by Gasteiger charge is 2.33. The number of aromatic amines is 1. The molecule has 5 rings (SSSR count). The van der Waals surface area contributed by atoms with Crippen molar-refractivity contribution in [3.8, 4) is 11.1 Å². The lowest BCUT2D eigenvalue weighted by molar-refractivity contribution is -0.122. The number of hydrogen-bond acceptors (Lipinski definition) is 2. The van der Waals surface area contributed by atoms with Crippen molar-refractivity contribution in [2.24, 2.45) is 0 Å². The van der Waals surface area contributed by atoms with Gasteiger partial charge < -0.3 is 10.3 Å². The minimum absolute atomic E-state index is 0.0202. The lowest BCUT2D eigenvalue weighted by Crippen LogP contribution is -2.49. The number of benzene rings is 3. The van der Waals surface area contributed by atoms with Gasteiger partial charge >= 0.3 is 0 Å². The molecule has 0 radical (unpaired) electrons. The summed E-state index contributed by atoms with van der Waals surface area (Å²) in [5.41, 5.74) is 7.02. The number of hydrogen-bond donors (Lipinski definition) is 3. The number of carbonyl (C=O) groups is 1. The molecule has 2 atom stereocenters. The highest BCUT2D eigenvalue weighted by Crippen LogP contribution is 2.35. The lowest BCUT2D eigenvalue weighted by atomic mass is 9.89. The maximum Gasteiger partial charge on any atom is 0.237 e. The molecule has 0 fully saturated rings. The van der Waals surface area contributed by atoms with E-state index in [-0.39, 0.29) is 18.0 Å². The highest BCUT2D eigenvalue weighted by atomic mass is 16.2. The third kappa shape index (κ3) is 3.12. The van der Waals surface area contributed by atoms with Crippen LogP contribution in [0.15, 0.2) is 78.9 Å². The van der Waals surface area contributed by atoms with E-state index in [0.717, 1.165) is 16.8 Å². The topological polar surface area (TPSA) is 56.9 Å². The number of fused-ring (bicyclic) bond motifs is 3. The molecule has 0 saturated carbocycles. The van der Waals surface area contributed by atoms with Crippen molar-refractivity contribution >= 4 is 16.8 Å². The fourth-order valence-corrected chi connectivity index (χ4v) is 4.34. The predicted molar refractivity (Wildman–Crippen MR) is 117 cm³/mol. The quantitative estimate of drug-likeness (QED) is 0.499. The summed E-state index contributed by atoms with van der Waals surface area (Å²) in [6.45, 7) is 0. The largest absolute Gasteiger partial charge is 0.358 e. The maximum absolute atomic E-state index is 12.5. The molecule has 29 heavy (non-hydrogen) atoms. The normalized spacial score (nSPS) is 18.4. The van der Waals surface area contributed by atoms with Crippen LogP contribution in [0.1, 0.15) is 22.9 Å². The average Bonchev–Trinajstić information content (AvgIpc) is 3.17. The molecule has 144 valence electrons. The molecular formula is C25H23N3O. The Kier molecular flexibility index (Phi) is 4.41. The van der Waals surface area contributed by atoms with E-state index in [1.54, 1.807) is 7.05 Å². The van der Waals surface area contributed by atoms with Crippen LogP contribution in [0.3, 0.4) is 0 Å². The van der Waals surface area contributed by atoms with Gasteiger partial charge in [0.25, 0.3) is 0 Å². The summed E-state index contributed by atoms with van der Waals surface area (Å²) in [4.78, 5) is 16.1. The molecule has 0 bridgehead atoms. The first-order chi connectivity index (χ1) is 14.2. The number of carbonyl (C=O) groups excluding carboxylic acids is 1. The van der Waals surface area contributed by atoms with E-state index < -0.39 is 0 Å². The van der Waals surface area contributed by atoms with Crippen molar-refractivity contribution in [3.63, 3.8) is 0 Å². The number of aromatic nitrogens is 1. The number of para-hydroxylation sites is 1. The van der Waals surface area contributed by atoms with Crippen LogP contribution in [0.25, 0.3) is 22.0 Å². The standard InChI is InChI=1S/C25H23N3O/c1-26-25(29)22-15-20-19-9-5-6-10-21(19)27-24(20)23(28-22)18-13-11-17(12-14-18)16-7-3-2-4-8-16/h2-14,22-23,27-28H,15H2,1H3,(H,26,29)/t22-,23+/m0/s1. The zero-order chi connectivity index (χ0) is 19.8. The molecule has 4 aromatic rings. The van der Waals surface area contributed by atoms with Gasteiger partial charge in [0.15, 0.2) is 0 Å². The molecule has 0 spiro atoms. The Hall–Kier alpha value is -3.37. The SMILES string of the molecule is CNC(=O)[C@@H]1Cc2c([nH]c3ccccc23)[C@@H](c2ccc(-c3ccccc3)cc2)N1. The molecule has 1 amide bonds. The zero-order valence-corrected chi connectivity index (χ0v) is 16.3. The van der Waals surface area contributed by atoms with Crippen LogP contribution < -0.4 is 10.6 Å². The van der Waals surface area contributed by atoms with Crippen molar-refractivity contribution < 1.29 is 4.79 Å². The summed E-state index contributed by atoms with van der Waals surface area (Å²) < 4.78 is 0. The van der Waals surface area contributed by atoms with E-state index in [1.165, 1.54) is 22.1 Å². The van der Waals surface area contributed by atoms with Gasteiger partial charge in [-0.15, -0.1) is 0 Å². The van der Waals surface area contributed by atoms with Gasteiger partial charge in [0.1, 0.15) is 0 Å². The van der Waals surface area contributed by atoms with Crippen molar-refractivity contribution in [3.05, 3.63) is 95.7 Å². The predicted octanol–water partition coefficient (Wildman–Crippen LogP) is 4.18. The van der Waals surface area contributed by atoms with Gasteiger partial charge in [0.2, 0.25) is 5.91 Å². The minimum Gasteiger partial charge on any atom is -0.358 e. The summed E-state index contributed by atoms with van der Waals surface area (Å²) >= 11 is 0. The molecule has 1 aliphatic rings. The number of H-pyrrole nitrogens is 1. The van der Waals surface area contributed by atoms with Crippen LogP contribution in [-0.2, 0) is 11.2 Å². The van der Waals surface area contributed by atoms with Crippen LogP contribution in [0.5, 0.6) is 0 Å². The number of nitrogens with one attached hydrogen (secondary N) is 3. The van der Waals surface area contributed by atoms with Crippen LogP contribution in [-0.4, -0.2) is 24.0 Å². The van der Waals surface area contributed by atoms with Crippen molar-refractivity contribution in [1.82, 2.24) is 15.6 Å². The van der Waals surface area contributed by atoms with Gasteiger partial charge in [-0.1, -0.05) is 72.8 Å². The number of amides is 1. The van der Waals surface area contributed by atoms with Gasteiger partial charge in [-0.05, 0) is 34.7 Å². The van der Waals surface area contributed by atoms with E-state index in [9.17, 15) is 4.79 Å². The van der Waals surface area contributed by atoms with Crippen molar-refractivity contribution in [1.29, 1.82) is 0 Å². The van der Waals surface area contributed by atoms with Crippen molar-refractivity contribution in [2.45, 2.75) is 18.5 Å². The molecule has 4 nitrogen and oxygen atoms in total. The molecule has 1 aliphatic heterocycles. The van der Waals surface area contributed by atoms with Gasteiger partial charge in [0, 0.05) is 23.6 Å². The fraction of sp³-hybridized carbons (Fsp3) is 0.160. The molecule has 4 heteroatoms. The van der Waals surface area contributed by atoms with Crippen molar-refractivity contribution in [2.75, 3.05) is 7.05 Å². The molecule has 1 aromatic heterocycles. The number of rotatable bonds is 3. The van der Waals surface area contributed by atoms with Gasteiger partial charge in [-0.3, -0.25) is 10.1 Å². The molecule has 0 unspecified atom stereocenters. The van der Waals surface area contributed by atoms with E-state index in [4.69, 9.17) is 0 Å². The van der Waals surface area contributed by atoms with Crippen LogP contribution in [0, 0.1) is 0 Å². The zero-order valence-electron chi connectivity index (χ0n) is 16.3. The second-order valence-electron chi connectivity index (χ2n) is 7.52. The second-order valence-corrected chi connectivity index (χ2v) is 7.52. The molecule has 3 N–H and O–H groups in total. The third-order valence-electron chi connectivity index (χ3n) is 5.83. The Morgan fingerprint density at radius 3 is 2.34 bits per heavy atom. The van der Waals surface area contributed by atoms with Crippen LogP contribution in [0.2, 0.25) is 0 Å². The van der Waals surface area contributed by atoms with Crippen LogP contribution >= 0.6 is 0 Å². The summed E-state index contributed by atoms with van der Waals surface area (Å²) in [5, 5.41) is 7.55. The monoisotopic (exact) mass is 381 g/mol. The first-order valence-corrected chi connectivity index (χ1v) is 9.97. The third-order valence-corrected chi connectivity index (χ3v) is 5.83. The van der Waals surface area contributed by atoms with Gasteiger partial charge in [-0.25, -0.2) is 0 Å². The Balaban J connectivity index is 1.57. The van der Waals surface area contributed by atoms with E-state index in [0.29, 0.717) is 6.42 Å². The lowest BCUT2D eigenvalue weighted by Gasteiger charge is -2.31. The molecule has 0 saturated heterocycles. The van der Waals surface area contributed by atoms with E-state index in [1.807, 2.05) is 12.1 Å². The molecular weight excluding hydrogens is 358 g/mol. The Morgan fingerprint density at radius 2 is 1.59 bits per heavy atom. The first-order valence-electron chi connectivity index (χ1n) is 9.97. The minimum atomic E-state index is -0.259. The van der Waals surface area contributed by atoms with Gasteiger partial charge in [0.05, 0.1) is 12.1 Å². The second kappa shape index (κ2) is 7.22. The smallest absolute Gasteiger partial charge is 0.237 e. The molecule has 2 heterocycles. The highest BCUT2D eigenvalue weighted by molar-refractivity contribution is 5.88. The fourth-order valence-electron chi connectivity index (χ4n) is 4.34. The molecule has 0 aliphatic carbocycles. The summed E-state index contributed by atoms with van der Waals surface area (Å²) in [7, 11) is 1.69.